The van der Waals surface area contributed by atoms with Crippen molar-refractivity contribution in [3.05, 3.63) is 47.9 Å². The molecule has 2 saturated heterocycles. The summed E-state index contributed by atoms with van der Waals surface area (Å²) in [6.07, 6.45) is 0.932. The van der Waals surface area contributed by atoms with Crippen molar-refractivity contribution in [2.24, 2.45) is 0 Å². The van der Waals surface area contributed by atoms with E-state index in [1.807, 2.05) is 12.1 Å². The number of piperidine rings is 1. The number of amides is 1. The Morgan fingerprint density at radius 1 is 1.03 bits per heavy atom. The van der Waals surface area contributed by atoms with Crippen molar-refractivity contribution >= 4 is 21.6 Å². The summed E-state index contributed by atoms with van der Waals surface area (Å²) in [6, 6.07) is 10.4. The molecule has 10 heteroatoms. The molecule has 2 fully saturated rings. The third-order valence-electron chi connectivity index (χ3n) is 6.14. The van der Waals surface area contributed by atoms with Gasteiger partial charge in [-0.1, -0.05) is 12.1 Å². The Kier molecular flexibility index (Phi) is 5.25. The SMILES string of the molecule is O=C(c1ccc(CN2CCOCC2)o1)N1CCC2(CC1)Nc1ccccc1S(=O)(=O)N2. The Labute approximate surface area is 181 Å². The largest absolute Gasteiger partial charge is 0.455 e. The molecular weight excluding hydrogens is 420 g/mol. The van der Waals surface area contributed by atoms with Gasteiger partial charge in [0.1, 0.15) is 16.3 Å². The zero-order valence-corrected chi connectivity index (χ0v) is 18.0. The van der Waals surface area contributed by atoms with Gasteiger partial charge in [0.15, 0.2) is 5.76 Å². The fourth-order valence-corrected chi connectivity index (χ4v) is 5.98. The lowest BCUT2D eigenvalue weighted by Gasteiger charge is -2.45. The molecule has 0 bridgehead atoms. The summed E-state index contributed by atoms with van der Waals surface area (Å²) in [5.74, 6) is 0.918. The van der Waals surface area contributed by atoms with Gasteiger partial charge in [-0.2, -0.15) is 4.72 Å². The van der Waals surface area contributed by atoms with Crippen molar-refractivity contribution in [3.8, 4) is 0 Å². The summed E-state index contributed by atoms with van der Waals surface area (Å²) in [7, 11) is -3.60. The normalized spacial score (nSPS) is 22.6. The molecule has 0 aliphatic carbocycles. The van der Waals surface area contributed by atoms with Crippen molar-refractivity contribution in [2.75, 3.05) is 44.7 Å². The van der Waals surface area contributed by atoms with E-state index in [9.17, 15) is 13.2 Å². The van der Waals surface area contributed by atoms with Crippen molar-refractivity contribution in [3.63, 3.8) is 0 Å². The van der Waals surface area contributed by atoms with E-state index in [0.29, 0.717) is 57.1 Å². The average Bonchev–Trinajstić information content (AvgIpc) is 3.22. The van der Waals surface area contributed by atoms with Crippen LogP contribution in [0.1, 0.15) is 29.2 Å². The highest BCUT2D eigenvalue weighted by Gasteiger charge is 2.44. The lowest BCUT2D eigenvalue weighted by Crippen LogP contribution is -2.62. The second-order valence-electron chi connectivity index (χ2n) is 8.26. The molecule has 5 rings (SSSR count). The number of carbonyl (C=O) groups is 1. The molecular formula is C21H26N4O5S. The predicted molar refractivity (Wildman–Crippen MR) is 113 cm³/mol. The number of ether oxygens (including phenoxy) is 1. The van der Waals surface area contributed by atoms with E-state index < -0.39 is 15.7 Å². The lowest BCUT2D eigenvalue weighted by molar-refractivity contribution is 0.0309. The van der Waals surface area contributed by atoms with Gasteiger partial charge in [-0.05, 0) is 24.3 Å². The van der Waals surface area contributed by atoms with Crippen LogP contribution in [0.2, 0.25) is 0 Å². The number of nitrogens with one attached hydrogen (secondary N) is 2. The third-order valence-corrected chi connectivity index (χ3v) is 7.73. The van der Waals surface area contributed by atoms with Gasteiger partial charge < -0.3 is 19.4 Å². The first-order valence-electron chi connectivity index (χ1n) is 10.5. The fraction of sp³-hybridized carbons (Fsp3) is 0.476. The highest BCUT2D eigenvalue weighted by Crippen LogP contribution is 2.35. The average molecular weight is 447 g/mol. The maximum absolute atomic E-state index is 12.9. The van der Waals surface area contributed by atoms with Gasteiger partial charge >= 0.3 is 0 Å². The number of likely N-dealkylation sites (tertiary alicyclic amines) is 1. The Bertz CT molecular complexity index is 1070. The number of hydrogen-bond acceptors (Lipinski definition) is 7. The van der Waals surface area contributed by atoms with Crippen LogP contribution in [-0.2, 0) is 21.3 Å². The van der Waals surface area contributed by atoms with E-state index in [1.54, 1.807) is 29.2 Å². The van der Waals surface area contributed by atoms with E-state index in [2.05, 4.69) is 14.9 Å². The summed E-state index contributed by atoms with van der Waals surface area (Å²) < 4.78 is 39.4. The summed E-state index contributed by atoms with van der Waals surface area (Å²) in [5, 5.41) is 3.35. The zero-order chi connectivity index (χ0) is 21.5. The number of fused-ring (bicyclic) bond motifs is 1. The Balaban J connectivity index is 1.23. The molecule has 1 spiro atoms. The van der Waals surface area contributed by atoms with Crippen LogP contribution in [0, 0.1) is 0 Å². The van der Waals surface area contributed by atoms with Crippen LogP contribution < -0.4 is 10.0 Å². The molecule has 3 aliphatic heterocycles. The highest BCUT2D eigenvalue weighted by molar-refractivity contribution is 7.89. The van der Waals surface area contributed by atoms with E-state index in [4.69, 9.17) is 9.15 Å². The summed E-state index contributed by atoms with van der Waals surface area (Å²) >= 11 is 0. The van der Waals surface area contributed by atoms with E-state index in [0.717, 1.165) is 18.8 Å². The standard InChI is InChI=1S/C21H26N4O5S/c26-20(18-6-5-16(30-18)15-24-11-13-29-14-12-24)25-9-7-21(8-10-25)22-17-3-1-2-4-19(17)31(27,28)23-21/h1-6,22-23H,7-15H2. The van der Waals surface area contributed by atoms with Crippen LogP contribution in [0.25, 0.3) is 0 Å². The number of para-hydroxylation sites is 1. The quantitative estimate of drug-likeness (QED) is 0.735. The highest BCUT2D eigenvalue weighted by atomic mass is 32.2. The van der Waals surface area contributed by atoms with E-state index in [-0.39, 0.29) is 10.8 Å². The number of nitrogens with zero attached hydrogens (tertiary/aromatic N) is 2. The first kappa shape index (κ1) is 20.5. The van der Waals surface area contributed by atoms with Crippen molar-refractivity contribution in [2.45, 2.75) is 29.9 Å². The topological polar surface area (TPSA) is 104 Å². The molecule has 0 unspecified atom stereocenters. The van der Waals surface area contributed by atoms with Gasteiger partial charge in [0.2, 0.25) is 10.0 Å². The molecule has 9 nitrogen and oxygen atoms in total. The molecule has 2 aromatic rings. The molecule has 1 aromatic heterocycles. The molecule has 0 radical (unpaired) electrons. The summed E-state index contributed by atoms with van der Waals surface area (Å²) in [5.41, 5.74) is -0.186. The van der Waals surface area contributed by atoms with Gasteiger partial charge in [0.25, 0.3) is 5.91 Å². The second-order valence-corrected chi connectivity index (χ2v) is 9.91. The Hall–Kier alpha value is -2.40. The van der Waals surface area contributed by atoms with Gasteiger partial charge in [-0.15, -0.1) is 0 Å². The molecule has 166 valence electrons. The number of benzene rings is 1. The van der Waals surface area contributed by atoms with E-state index >= 15 is 0 Å². The number of morpholine rings is 1. The van der Waals surface area contributed by atoms with Gasteiger partial charge in [0, 0.05) is 39.0 Å². The molecule has 31 heavy (non-hydrogen) atoms. The van der Waals surface area contributed by atoms with Crippen molar-refractivity contribution in [1.82, 2.24) is 14.5 Å². The lowest BCUT2D eigenvalue weighted by atomic mass is 9.97. The zero-order valence-electron chi connectivity index (χ0n) is 17.2. The minimum Gasteiger partial charge on any atom is -0.455 e. The molecule has 1 aromatic carbocycles. The number of carbonyl (C=O) groups excluding carboxylic acids is 1. The van der Waals surface area contributed by atoms with Gasteiger partial charge in [-0.3, -0.25) is 9.69 Å². The molecule has 0 atom stereocenters. The monoisotopic (exact) mass is 446 g/mol. The smallest absolute Gasteiger partial charge is 0.289 e. The molecule has 4 heterocycles. The van der Waals surface area contributed by atoms with E-state index in [1.165, 1.54) is 0 Å². The van der Waals surface area contributed by atoms with Crippen LogP contribution in [0.15, 0.2) is 45.7 Å². The maximum Gasteiger partial charge on any atom is 0.289 e. The maximum atomic E-state index is 12.9. The first-order chi connectivity index (χ1) is 14.9. The number of hydrogen-bond donors (Lipinski definition) is 2. The van der Waals surface area contributed by atoms with Crippen LogP contribution in [-0.4, -0.2) is 69.2 Å². The summed E-state index contributed by atoms with van der Waals surface area (Å²) in [6.45, 7) is 4.64. The summed E-state index contributed by atoms with van der Waals surface area (Å²) in [4.78, 5) is 17.2. The van der Waals surface area contributed by atoms with Crippen LogP contribution in [0.4, 0.5) is 5.69 Å². The number of anilines is 1. The number of furan rings is 1. The number of sulfonamides is 1. The number of rotatable bonds is 3. The second kappa shape index (κ2) is 7.94. The molecule has 2 N–H and O–H groups in total. The Morgan fingerprint density at radius 2 is 1.77 bits per heavy atom. The molecule has 3 aliphatic rings. The third kappa shape index (κ3) is 4.08. The minimum absolute atomic E-state index is 0.165. The van der Waals surface area contributed by atoms with Gasteiger partial charge in [0.05, 0.1) is 25.4 Å². The molecule has 1 amide bonds. The Morgan fingerprint density at radius 3 is 2.55 bits per heavy atom. The van der Waals surface area contributed by atoms with Crippen LogP contribution in [0.3, 0.4) is 0 Å². The van der Waals surface area contributed by atoms with Crippen LogP contribution in [0.5, 0.6) is 0 Å². The minimum atomic E-state index is -3.60. The fourth-order valence-electron chi connectivity index (χ4n) is 4.43. The van der Waals surface area contributed by atoms with Crippen molar-refractivity contribution < 1.29 is 22.4 Å². The van der Waals surface area contributed by atoms with Crippen LogP contribution >= 0.6 is 0 Å². The molecule has 0 saturated carbocycles. The van der Waals surface area contributed by atoms with Crippen molar-refractivity contribution in [1.29, 1.82) is 0 Å². The van der Waals surface area contributed by atoms with Gasteiger partial charge in [-0.25, -0.2) is 8.42 Å². The predicted octanol–water partition coefficient (Wildman–Crippen LogP) is 1.45. The first-order valence-corrected chi connectivity index (χ1v) is 12.0.